The summed E-state index contributed by atoms with van der Waals surface area (Å²) in [6.07, 6.45) is 0. The number of aryl methyl sites for hydroxylation is 2. The highest BCUT2D eigenvalue weighted by molar-refractivity contribution is 6.05. The molecule has 0 spiro atoms. The molecule has 0 fully saturated rings. The van der Waals surface area contributed by atoms with E-state index in [1.165, 1.54) is 0 Å². The van der Waals surface area contributed by atoms with Crippen molar-refractivity contribution in [1.82, 2.24) is 4.98 Å². The smallest absolute Gasteiger partial charge is 0.257 e. The predicted octanol–water partition coefficient (Wildman–Crippen LogP) is 4.10. The number of pyridine rings is 1. The molecule has 2 aromatic carbocycles. The van der Waals surface area contributed by atoms with E-state index in [1.54, 1.807) is 0 Å². The van der Waals surface area contributed by atoms with Crippen molar-refractivity contribution in [3.8, 4) is 0 Å². The third kappa shape index (κ3) is 2.77. The maximum Gasteiger partial charge on any atom is 0.257 e. The Hall–Kier alpha value is -2.68. The van der Waals surface area contributed by atoms with Gasteiger partial charge in [-0.2, -0.15) is 0 Å². The van der Waals surface area contributed by atoms with E-state index in [1.807, 2.05) is 62.4 Å². The maximum absolute atomic E-state index is 12.3. The second-order valence-electron chi connectivity index (χ2n) is 5.10. The fourth-order valence-corrected chi connectivity index (χ4v) is 2.39. The molecule has 104 valence electrons. The third-order valence-electron chi connectivity index (χ3n) is 3.48. The first-order valence-corrected chi connectivity index (χ1v) is 6.88. The minimum absolute atomic E-state index is 0.129. The van der Waals surface area contributed by atoms with Gasteiger partial charge in [-0.15, -0.1) is 0 Å². The Bertz CT molecular complexity index is 824. The number of anilines is 1. The SMILES string of the molecule is Cc1ccc(C(=O)Nc2ccc3ccccc3c2)c(C)n1. The lowest BCUT2D eigenvalue weighted by atomic mass is 10.1. The van der Waals surface area contributed by atoms with E-state index >= 15 is 0 Å². The minimum atomic E-state index is -0.129. The average molecular weight is 276 g/mol. The van der Waals surface area contributed by atoms with Gasteiger partial charge in [-0.1, -0.05) is 30.3 Å². The normalized spacial score (nSPS) is 10.6. The number of rotatable bonds is 2. The van der Waals surface area contributed by atoms with Gasteiger partial charge < -0.3 is 5.32 Å². The van der Waals surface area contributed by atoms with Crippen molar-refractivity contribution in [3.05, 3.63) is 71.5 Å². The van der Waals surface area contributed by atoms with E-state index in [0.29, 0.717) is 5.56 Å². The number of hydrogen-bond donors (Lipinski definition) is 1. The van der Waals surface area contributed by atoms with Crippen LogP contribution in [0.1, 0.15) is 21.7 Å². The maximum atomic E-state index is 12.3. The van der Waals surface area contributed by atoms with E-state index in [-0.39, 0.29) is 5.91 Å². The Labute approximate surface area is 123 Å². The number of aromatic nitrogens is 1. The third-order valence-corrected chi connectivity index (χ3v) is 3.48. The van der Waals surface area contributed by atoms with Crippen molar-refractivity contribution in [2.45, 2.75) is 13.8 Å². The Balaban J connectivity index is 1.89. The lowest BCUT2D eigenvalue weighted by Crippen LogP contribution is -2.14. The molecule has 3 rings (SSSR count). The summed E-state index contributed by atoms with van der Waals surface area (Å²) >= 11 is 0. The van der Waals surface area contributed by atoms with Crippen LogP contribution in [0, 0.1) is 13.8 Å². The second-order valence-corrected chi connectivity index (χ2v) is 5.10. The van der Waals surface area contributed by atoms with E-state index in [2.05, 4.69) is 16.4 Å². The molecule has 3 nitrogen and oxygen atoms in total. The van der Waals surface area contributed by atoms with Crippen LogP contribution < -0.4 is 5.32 Å². The lowest BCUT2D eigenvalue weighted by Gasteiger charge is -2.08. The van der Waals surface area contributed by atoms with Crippen LogP contribution in [0.25, 0.3) is 10.8 Å². The van der Waals surface area contributed by atoms with E-state index in [0.717, 1.165) is 27.8 Å². The molecule has 0 atom stereocenters. The molecule has 0 bridgehead atoms. The van der Waals surface area contributed by atoms with Crippen LogP contribution in [0.5, 0.6) is 0 Å². The number of amides is 1. The van der Waals surface area contributed by atoms with Gasteiger partial charge in [0, 0.05) is 11.4 Å². The van der Waals surface area contributed by atoms with Gasteiger partial charge in [0.1, 0.15) is 0 Å². The summed E-state index contributed by atoms with van der Waals surface area (Å²) in [5.41, 5.74) is 3.05. The van der Waals surface area contributed by atoms with Crippen molar-refractivity contribution in [2.75, 3.05) is 5.32 Å². The van der Waals surface area contributed by atoms with Crippen LogP contribution in [-0.2, 0) is 0 Å². The van der Waals surface area contributed by atoms with Crippen molar-refractivity contribution < 1.29 is 4.79 Å². The summed E-state index contributed by atoms with van der Waals surface area (Å²) in [6.45, 7) is 3.76. The predicted molar refractivity (Wildman–Crippen MR) is 85.6 cm³/mol. The molecule has 0 aliphatic heterocycles. The van der Waals surface area contributed by atoms with Crippen molar-refractivity contribution >= 4 is 22.4 Å². The van der Waals surface area contributed by atoms with Gasteiger partial charge in [-0.3, -0.25) is 9.78 Å². The zero-order chi connectivity index (χ0) is 14.8. The molecule has 0 saturated carbocycles. The number of nitrogens with one attached hydrogen (secondary N) is 1. The fourth-order valence-electron chi connectivity index (χ4n) is 2.39. The number of fused-ring (bicyclic) bond motifs is 1. The summed E-state index contributed by atoms with van der Waals surface area (Å²) in [7, 11) is 0. The minimum Gasteiger partial charge on any atom is -0.322 e. The first-order chi connectivity index (χ1) is 10.1. The molecule has 3 aromatic rings. The molecule has 0 radical (unpaired) electrons. The number of benzene rings is 2. The van der Waals surface area contributed by atoms with Gasteiger partial charge in [0.05, 0.1) is 11.3 Å². The number of hydrogen-bond acceptors (Lipinski definition) is 2. The highest BCUT2D eigenvalue weighted by atomic mass is 16.1. The van der Waals surface area contributed by atoms with Crippen LogP contribution in [0.2, 0.25) is 0 Å². The van der Waals surface area contributed by atoms with Crippen LogP contribution in [-0.4, -0.2) is 10.9 Å². The first kappa shape index (κ1) is 13.3. The van der Waals surface area contributed by atoms with E-state index in [9.17, 15) is 4.79 Å². The number of carbonyl (C=O) groups excluding carboxylic acids is 1. The molecule has 1 amide bonds. The molecular formula is C18H16N2O. The number of carbonyl (C=O) groups is 1. The topological polar surface area (TPSA) is 42.0 Å². The Kier molecular flexibility index (Phi) is 3.40. The summed E-state index contributed by atoms with van der Waals surface area (Å²) < 4.78 is 0. The molecule has 0 saturated heterocycles. The summed E-state index contributed by atoms with van der Waals surface area (Å²) in [5, 5.41) is 5.19. The average Bonchev–Trinajstić information content (AvgIpc) is 2.47. The van der Waals surface area contributed by atoms with Crippen molar-refractivity contribution in [3.63, 3.8) is 0 Å². The highest BCUT2D eigenvalue weighted by Crippen LogP contribution is 2.19. The summed E-state index contributed by atoms with van der Waals surface area (Å²) in [5.74, 6) is -0.129. The number of nitrogens with zero attached hydrogens (tertiary/aromatic N) is 1. The van der Waals surface area contributed by atoms with E-state index < -0.39 is 0 Å². The summed E-state index contributed by atoms with van der Waals surface area (Å²) in [4.78, 5) is 16.7. The van der Waals surface area contributed by atoms with Crippen LogP contribution in [0.3, 0.4) is 0 Å². The Morgan fingerprint density at radius 1 is 0.952 bits per heavy atom. The van der Waals surface area contributed by atoms with Crippen molar-refractivity contribution in [1.29, 1.82) is 0 Å². The van der Waals surface area contributed by atoms with Crippen LogP contribution >= 0.6 is 0 Å². The Morgan fingerprint density at radius 2 is 1.71 bits per heavy atom. The quantitative estimate of drug-likeness (QED) is 0.765. The molecule has 3 heteroatoms. The molecule has 0 unspecified atom stereocenters. The standard InChI is InChI=1S/C18H16N2O/c1-12-7-10-17(13(2)19-12)18(21)20-16-9-8-14-5-3-4-6-15(14)11-16/h3-11H,1-2H3,(H,20,21). The largest absolute Gasteiger partial charge is 0.322 e. The molecule has 1 aromatic heterocycles. The molecule has 21 heavy (non-hydrogen) atoms. The molecule has 0 aliphatic rings. The Morgan fingerprint density at radius 3 is 2.48 bits per heavy atom. The van der Waals surface area contributed by atoms with Gasteiger partial charge in [0.25, 0.3) is 5.91 Å². The van der Waals surface area contributed by atoms with Gasteiger partial charge >= 0.3 is 0 Å². The van der Waals surface area contributed by atoms with Gasteiger partial charge in [-0.05, 0) is 48.9 Å². The van der Waals surface area contributed by atoms with Gasteiger partial charge in [0.15, 0.2) is 0 Å². The van der Waals surface area contributed by atoms with Crippen LogP contribution in [0.15, 0.2) is 54.6 Å². The first-order valence-electron chi connectivity index (χ1n) is 6.88. The zero-order valence-electron chi connectivity index (χ0n) is 12.1. The fraction of sp³-hybridized carbons (Fsp3) is 0.111. The molecule has 1 heterocycles. The summed E-state index contributed by atoms with van der Waals surface area (Å²) in [6, 6.07) is 17.6. The van der Waals surface area contributed by atoms with E-state index in [4.69, 9.17) is 0 Å². The monoisotopic (exact) mass is 276 g/mol. The van der Waals surface area contributed by atoms with Crippen molar-refractivity contribution in [2.24, 2.45) is 0 Å². The van der Waals surface area contributed by atoms with Gasteiger partial charge in [0.2, 0.25) is 0 Å². The highest BCUT2D eigenvalue weighted by Gasteiger charge is 2.10. The molecule has 1 N–H and O–H groups in total. The lowest BCUT2D eigenvalue weighted by molar-refractivity contribution is 0.102. The zero-order valence-corrected chi connectivity index (χ0v) is 12.1. The second kappa shape index (κ2) is 5.37. The molecule has 0 aliphatic carbocycles. The van der Waals surface area contributed by atoms with Gasteiger partial charge in [-0.25, -0.2) is 0 Å². The van der Waals surface area contributed by atoms with Crippen LogP contribution in [0.4, 0.5) is 5.69 Å². The molecular weight excluding hydrogens is 260 g/mol.